The first-order valence-electron chi connectivity index (χ1n) is 10.8. The summed E-state index contributed by atoms with van der Waals surface area (Å²) in [5.41, 5.74) is 4.62. The standard InChI is InChI=1S/C25H26N4O3/c1-17-22(18(2)29(27-17)19-10-4-3-5-11-19)16-23(30)26-14-8-9-15-28-24(31)20-12-6-7-13-21(20)25(28)32/h3-7,10-13H,8-9,14-16H2,1-2H3,(H,26,30). The number of benzene rings is 2. The fraction of sp³-hybridized carbons (Fsp3) is 0.280. The second-order valence-electron chi connectivity index (χ2n) is 7.94. The van der Waals surface area contributed by atoms with Crippen LogP contribution in [0.4, 0.5) is 0 Å². The third-order valence-corrected chi connectivity index (χ3v) is 5.79. The fourth-order valence-corrected chi connectivity index (χ4v) is 4.04. The maximum absolute atomic E-state index is 12.5. The van der Waals surface area contributed by atoms with Gasteiger partial charge in [-0.1, -0.05) is 30.3 Å². The van der Waals surface area contributed by atoms with Crippen molar-refractivity contribution in [3.05, 3.63) is 82.7 Å². The minimum absolute atomic E-state index is 0.0652. The molecule has 7 nitrogen and oxygen atoms in total. The minimum atomic E-state index is -0.240. The molecule has 2 aromatic carbocycles. The number of carbonyl (C=O) groups excluding carboxylic acids is 3. The number of carbonyl (C=O) groups is 3. The molecule has 0 unspecified atom stereocenters. The van der Waals surface area contributed by atoms with E-state index < -0.39 is 0 Å². The van der Waals surface area contributed by atoms with Crippen molar-refractivity contribution < 1.29 is 14.4 Å². The molecule has 1 N–H and O–H groups in total. The molecule has 0 bridgehead atoms. The van der Waals surface area contributed by atoms with E-state index in [-0.39, 0.29) is 24.1 Å². The Morgan fingerprint density at radius 2 is 1.53 bits per heavy atom. The van der Waals surface area contributed by atoms with E-state index in [9.17, 15) is 14.4 Å². The van der Waals surface area contributed by atoms with E-state index in [0.29, 0.717) is 37.1 Å². The van der Waals surface area contributed by atoms with Crippen LogP contribution in [-0.2, 0) is 11.2 Å². The molecule has 0 saturated heterocycles. The Hall–Kier alpha value is -3.74. The van der Waals surface area contributed by atoms with Crippen LogP contribution in [0.3, 0.4) is 0 Å². The fourth-order valence-electron chi connectivity index (χ4n) is 4.04. The predicted molar refractivity (Wildman–Crippen MR) is 121 cm³/mol. The second-order valence-corrected chi connectivity index (χ2v) is 7.94. The highest BCUT2D eigenvalue weighted by molar-refractivity contribution is 6.21. The SMILES string of the molecule is Cc1nn(-c2ccccc2)c(C)c1CC(=O)NCCCCN1C(=O)c2ccccc2C1=O. The minimum Gasteiger partial charge on any atom is -0.356 e. The molecule has 3 aromatic rings. The molecular formula is C25H26N4O3. The smallest absolute Gasteiger partial charge is 0.261 e. The third-order valence-electron chi connectivity index (χ3n) is 5.79. The summed E-state index contributed by atoms with van der Waals surface area (Å²) in [4.78, 5) is 38.5. The Bertz CT molecular complexity index is 1130. The molecule has 0 atom stereocenters. The van der Waals surface area contributed by atoms with Crippen molar-refractivity contribution in [3.8, 4) is 5.69 Å². The van der Waals surface area contributed by atoms with Crippen molar-refractivity contribution in [3.63, 3.8) is 0 Å². The van der Waals surface area contributed by atoms with Gasteiger partial charge in [0.15, 0.2) is 0 Å². The number of nitrogens with zero attached hydrogens (tertiary/aromatic N) is 3. The molecule has 0 spiro atoms. The molecule has 7 heteroatoms. The van der Waals surface area contributed by atoms with Crippen LogP contribution < -0.4 is 5.32 Å². The molecule has 0 radical (unpaired) electrons. The number of rotatable bonds is 8. The molecule has 4 rings (SSSR count). The molecule has 0 saturated carbocycles. The number of hydrogen-bond acceptors (Lipinski definition) is 4. The molecule has 0 aliphatic carbocycles. The first-order chi connectivity index (χ1) is 15.5. The molecule has 1 aliphatic heterocycles. The normalized spacial score (nSPS) is 12.9. The zero-order chi connectivity index (χ0) is 22.7. The summed E-state index contributed by atoms with van der Waals surface area (Å²) in [7, 11) is 0. The number of para-hydroxylation sites is 1. The van der Waals surface area contributed by atoms with Gasteiger partial charge in [0.05, 0.1) is 28.9 Å². The Labute approximate surface area is 187 Å². The van der Waals surface area contributed by atoms with Gasteiger partial charge in [0.2, 0.25) is 5.91 Å². The van der Waals surface area contributed by atoms with E-state index in [2.05, 4.69) is 10.4 Å². The summed E-state index contributed by atoms with van der Waals surface area (Å²) in [5.74, 6) is -0.545. The maximum atomic E-state index is 12.5. The topological polar surface area (TPSA) is 84.3 Å². The van der Waals surface area contributed by atoms with E-state index >= 15 is 0 Å². The number of fused-ring (bicyclic) bond motifs is 1. The molecule has 164 valence electrons. The zero-order valence-electron chi connectivity index (χ0n) is 18.3. The highest BCUT2D eigenvalue weighted by atomic mass is 16.2. The lowest BCUT2D eigenvalue weighted by atomic mass is 10.1. The first kappa shape index (κ1) is 21.5. The molecule has 1 aromatic heterocycles. The van der Waals surface area contributed by atoms with Gasteiger partial charge in [-0.2, -0.15) is 5.10 Å². The second kappa shape index (κ2) is 9.18. The molecule has 0 fully saturated rings. The highest BCUT2D eigenvalue weighted by Crippen LogP contribution is 2.22. The van der Waals surface area contributed by atoms with Gasteiger partial charge in [0.1, 0.15) is 0 Å². The van der Waals surface area contributed by atoms with Crippen molar-refractivity contribution in [1.29, 1.82) is 0 Å². The Morgan fingerprint density at radius 1 is 0.906 bits per heavy atom. The van der Waals surface area contributed by atoms with Gasteiger partial charge in [-0.25, -0.2) is 4.68 Å². The Morgan fingerprint density at radius 3 is 2.19 bits per heavy atom. The monoisotopic (exact) mass is 430 g/mol. The van der Waals surface area contributed by atoms with Crippen molar-refractivity contribution in [2.45, 2.75) is 33.1 Å². The van der Waals surface area contributed by atoms with Gasteiger partial charge in [-0.05, 0) is 51.0 Å². The van der Waals surface area contributed by atoms with Crippen molar-refractivity contribution in [2.24, 2.45) is 0 Å². The third kappa shape index (κ3) is 4.19. The van der Waals surface area contributed by atoms with Crippen LogP contribution in [0.5, 0.6) is 0 Å². The summed E-state index contributed by atoms with van der Waals surface area (Å²) in [6, 6.07) is 16.7. The number of hydrogen-bond donors (Lipinski definition) is 1. The number of aryl methyl sites for hydroxylation is 1. The van der Waals surface area contributed by atoms with Crippen LogP contribution in [0.2, 0.25) is 0 Å². The lowest BCUT2D eigenvalue weighted by Crippen LogP contribution is -2.32. The van der Waals surface area contributed by atoms with Crippen LogP contribution in [-0.4, -0.2) is 45.5 Å². The molecule has 3 amide bonds. The molecule has 1 aliphatic rings. The van der Waals surface area contributed by atoms with Crippen LogP contribution in [0.15, 0.2) is 54.6 Å². The largest absolute Gasteiger partial charge is 0.356 e. The van der Waals surface area contributed by atoms with Crippen LogP contribution in [0.25, 0.3) is 5.69 Å². The average molecular weight is 431 g/mol. The van der Waals surface area contributed by atoms with Crippen LogP contribution in [0, 0.1) is 13.8 Å². The van der Waals surface area contributed by atoms with Gasteiger partial charge in [0.25, 0.3) is 11.8 Å². The summed E-state index contributed by atoms with van der Waals surface area (Å²) in [5, 5.41) is 7.52. The highest BCUT2D eigenvalue weighted by Gasteiger charge is 2.34. The molecular weight excluding hydrogens is 404 g/mol. The van der Waals surface area contributed by atoms with Crippen molar-refractivity contribution in [1.82, 2.24) is 20.0 Å². The number of amides is 3. The lowest BCUT2D eigenvalue weighted by molar-refractivity contribution is -0.120. The van der Waals surface area contributed by atoms with Crippen molar-refractivity contribution in [2.75, 3.05) is 13.1 Å². The van der Waals surface area contributed by atoms with Gasteiger partial charge in [0, 0.05) is 24.3 Å². The molecule has 32 heavy (non-hydrogen) atoms. The molecule has 2 heterocycles. The lowest BCUT2D eigenvalue weighted by Gasteiger charge is -2.13. The number of nitrogens with one attached hydrogen (secondary N) is 1. The van der Waals surface area contributed by atoms with E-state index in [1.807, 2.05) is 48.9 Å². The number of aromatic nitrogens is 2. The summed E-state index contributed by atoms with van der Waals surface area (Å²) < 4.78 is 1.86. The van der Waals surface area contributed by atoms with E-state index in [4.69, 9.17) is 0 Å². The quantitative estimate of drug-likeness (QED) is 0.439. The summed E-state index contributed by atoms with van der Waals surface area (Å²) >= 11 is 0. The van der Waals surface area contributed by atoms with E-state index in [1.54, 1.807) is 24.3 Å². The van der Waals surface area contributed by atoms with Gasteiger partial charge >= 0.3 is 0 Å². The predicted octanol–water partition coefficient (Wildman–Crippen LogP) is 3.22. The average Bonchev–Trinajstić information content (AvgIpc) is 3.22. The van der Waals surface area contributed by atoms with E-state index in [1.165, 1.54) is 4.90 Å². The van der Waals surface area contributed by atoms with Crippen molar-refractivity contribution >= 4 is 17.7 Å². The van der Waals surface area contributed by atoms with Gasteiger partial charge < -0.3 is 5.32 Å². The zero-order valence-corrected chi connectivity index (χ0v) is 18.3. The Balaban J connectivity index is 1.25. The van der Waals surface area contributed by atoms with Crippen LogP contribution >= 0.6 is 0 Å². The van der Waals surface area contributed by atoms with Gasteiger partial charge in [-0.3, -0.25) is 19.3 Å². The summed E-state index contributed by atoms with van der Waals surface area (Å²) in [6.07, 6.45) is 1.58. The van der Waals surface area contributed by atoms with Gasteiger partial charge in [-0.15, -0.1) is 0 Å². The van der Waals surface area contributed by atoms with E-state index in [0.717, 1.165) is 22.6 Å². The summed E-state index contributed by atoms with van der Waals surface area (Å²) in [6.45, 7) is 4.73. The van der Waals surface area contributed by atoms with Crippen LogP contribution in [0.1, 0.15) is 50.5 Å². The number of unbranched alkanes of at least 4 members (excludes halogenated alkanes) is 1. The Kier molecular flexibility index (Phi) is 6.16. The number of imide groups is 1. The first-order valence-corrected chi connectivity index (χ1v) is 10.8. The maximum Gasteiger partial charge on any atom is 0.261 e.